The molecule has 2 aromatic rings. The first kappa shape index (κ1) is 17.0. The molecule has 0 saturated heterocycles. The van der Waals surface area contributed by atoms with E-state index in [9.17, 15) is 4.79 Å². The Morgan fingerprint density at radius 3 is 2.74 bits per heavy atom. The lowest BCUT2D eigenvalue weighted by atomic mass is 10.1. The van der Waals surface area contributed by atoms with Gasteiger partial charge in [-0.25, -0.2) is 0 Å². The highest BCUT2D eigenvalue weighted by molar-refractivity contribution is 5.69. The minimum Gasteiger partial charge on any atom is -0.492 e. The second-order valence-corrected chi connectivity index (χ2v) is 5.17. The highest BCUT2D eigenvalue weighted by Gasteiger charge is 2.02. The molecule has 124 valence electrons. The van der Waals surface area contributed by atoms with E-state index in [0.29, 0.717) is 19.6 Å². The monoisotopic (exact) mass is 317 g/mol. The Bertz CT molecular complexity index is 567. The summed E-state index contributed by atoms with van der Waals surface area (Å²) < 4.78 is 10.6. The SMILES string of the molecule is CCOC(=O)CCCCCCOc1ccc(-c2ccn[nH]2)nc1. The van der Waals surface area contributed by atoms with Crippen molar-refractivity contribution in [2.24, 2.45) is 0 Å². The maximum absolute atomic E-state index is 11.2. The Hall–Kier alpha value is -2.37. The predicted octanol–water partition coefficient (Wildman–Crippen LogP) is 3.36. The molecule has 6 heteroatoms. The first-order valence-corrected chi connectivity index (χ1v) is 8.04. The number of hydrogen-bond donors (Lipinski definition) is 1. The molecule has 0 atom stereocenters. The third-order valence-corrected chi connectivity index (χ3v) is 3.36. The third kappa shape index (κ3) is 6.10. The summed E-state index contributed by atoms with van der Waals surface area (Å²) in [6, 6.07) is 5.69. The predicted molar refractivity (Wildman–Crippen MR) is 87.0 cm³/mol. The molecular weight excluding hydrogens is 294 g/mol. The smallest absolute Gasteiger partial charge is 0.305 e. The molecule has 0 aliphatic rings. The molecule has 0 radical (unpaired) electrons. The molecule has 1 N–H and O–H groups in total. The summed E-state index contributed by atoms with van der Waals surface area (Å²) in [5.74, 6) is 0.659. The van der Waals surface area contributed by atoms with Gasteiger partial charge in [-0.2, -0.15) is 5.10 Å². The molecule has 2 heterocycles. The van der Waals surface area contributed by atoms with Gasteiger partial charge in [0.15, 0.2) is 0 Å². The number of esters is 1. The molecule has 2 rings (SSSR count). The summed E-state index contributed by atoms with van der Waals surface area (Å²) in [6.45, 7) is 2.94. The van der Waals surface area contributed by atoms with Crippen LogP contribution in [0.4, 0.5) is 0 Å². The van der Waals surface area contributed by atoms with Crippen molar-refractivity contribution >= 4 is 5.97 Å². The number of rotatable bonds is 10. The lowest BCUT2D eigenvalue weighted by Crippen LogP contribution is -2.03. The molecule has 0 fully saturated rings. The van der Waals surface area contributed by atoms with Crippen LogP contribution < -0.4 is 4.74 Å². The van der Waals surface area contributed by atoms with Crippen molar-refractivity contribution < 1.29 is 14.3 Å². The molecular formula is C17H23N3O3. The van der Waals surface area contributed by atoms with Crippen molar-refractivity contribution in [1.82, 2.24) is 15.2 Å². The average molecular weight is 317 g/mol. The van der Waals surface area contributed by atoms with Crippen molar-refractivity contribution in [3.63, 3.8) is 0 Å². The zero-order valence-electron chi connectivity index (χ0n) is 13.5. The Morgan fingerprint density at radius 2 is 2.04 bits per heavy atom. The number of ether oxygens (including phenoxy) is 2. The minimum absolute atomic E-state index is 0.104. The van der Waals surface area contributed by atoms with Crippen LogP contribution in [0, 0.1) is 0 Å². The van der Waals surface area contributed by atoms with Crippen molar-refractivity contribution in [3.8, 4) is 17.1 Å². The average Bonchev–Trinajstić information content (AvgIpc) is 3.09. The first-order chi connectivity index (χ1) is 11.3. The van der Waals surface area contributed by atoms with E-state index in [1.807, 2.05) is 25.1 Å². The van der Waals surface area contributed by atoms with E-state index >= 15 is 0 Å². The van der Waals surface area contributed by atoms with Crippen LogP contribution in [-0.4, -0.2) is 34.4 Å². The highest BCUT2D eigenvalue weighted by Crippen LogP contribution is 2.17. The van der Waals surface area contributed by atoms with Gasteiger partial charge in [-0.15, -0.1) is 0 Å². The lowest BCUT2D eigenvalue weighted by Gasteiger charge is -2.06. The zero-order chi connectivity index (χ0) is 16.3. The second kappa shape index (κ2) is 9.61. The van der Waals surface area contributed by atoms with Gasteiger partial charge in [0.05, 0.1) is 30.8 Å². The molecule has 0 aromatic carbocycles. The standard InChI is InChI=1S/C17H23N3O3/c1-2-22-17(21)7-5-3-4-6-12-23-14-8-9-15(18-13-14)16-10-11-19-20-16/h8-11,13H,2-7,12H2,1H3,(H,19,20). The second-order valence-electron chi connectivity index (χ2n) is 5.17. The number of nitrogens with zero attached hydrogens (tertiary/aromatic N) is 2. The number of H-pyrrole nitrogens is 1. The van der Waals surface area contributed by atoms with Crippen LogP contribution in [0.2, 0.25) is 0 Å². The largest absolute Gasteiger partial charge is 0.492 e. The van der Waals surface area contributed by atoms with Gasteiger partial charge in [-0.1, -0.05) is 12.8 Å². The quantitative estimate of drug-likeness (QED) is 0.537. The summed E-state index contributed by atoms with van der Waals surface area (Å²) in [7, 11) is 0. The Morgan fingerprint density at radius 1 is 1.17 bits per heavy atom. The van der Waals surface area contributed by atoms with E-state index in [0.717, 1.165) is 42.8 Å². The molecule has 0 amide bonds. The van der Waals surface area contributed by atoms with E-state index in [2.05, 4.69) is 15.2 Å². The number of hydrogen-bond acceptors (Lipinski definition) is 5. The van der Waals surface area contributed by atoms with E-state index in [-0.39, 0.29) is 5.97 Å². The molecule has 0 saturated carbocycles. The molecule has 6 nitrogen and oxygen atoms in total. The number of nitrogens with one attached hydrogen (secondary N) is 1. The molecule has 0 spiro atoms. The van der Waals surface area contributed by atoms with Gasteiger partial charge in [0.2, 0.25) is 0 Å². The molecule has 0 bridgehead atoms. The number of carbonyl (C=O) groups excluding carboxylic acids is 1. The number of unbranched alkanes of at least 4 members (excludes halogenated alkanes) is 3. The van der Waals surface area contributed by atoms with Crippen LogP contribution in [0.5, 0.6) is 5.75 Å². The van der Waals surface area contributed by atoms with Crippen molar-refractivity contribution in [2.75, 3.05) is 13.2 Å². The molecule has 23 heavy (non-hydrogen) atoms. The Kier molecular flexibility index (Phi) is 7.10. The summed E-state index contributed by atoms with van der Waals surface area (Å²) in [6.07, 6.45) is 7.82. The third-order valence-electron chi connectivity index (χ3n) is 3.36. The van der Waals surface area contributed by atoms with Crippen LogP contribution in [0.15, 0.2) is 30.6 Å². The van der Waals surface area contributed by atoms with Crippen LogP contribution in [0.3, 0.4) is 0 Å². The summed E-state index contributed by atoms with van der Waals surface area (Å²) >= 11 is 0. The fourth-order valence-electron chi connectivity index (χ4n) is 2.17. The van der Waals surface area contributed by atoms with Gasteiger partial charge >= 0.3 is 5.97 Å². The first-order valence-electron chi connectivity index (χ1n) is 8.04. The number of pyridine rings is 1. The van der Waals surface area contributed by atoms with E-state index in [4.69, 9.17) is 9.47 Å². The van der Waals surface area contributed by atoms with Crippen LogP contribution in [0.1, 0.15) is 39.0 Å². The fourth-order valence-corrected chi connectivity index (χ4v) is 2.17. The molecule has 0 aliphatic heterocycles. The van der Waals surface area contributed by atoms with Crippen LogP contribution in [0.25, 0.3) is 11.4 Å². The van der Waals surface area contributed by atoms with Gasteiger partial charge < -0.3 is 9.47 Å². The number of carbonyl (C=O) groups is 1. The van der Waals surface area contributed by atoms with Gasteiger partial charge in [0, 0.05) is 12.6 Å². The van der Waals surface area contributed by atoms with Gasteiger partial charge in [0.25, 0.3) is 0 Å². The van der Waals surface area contributed by atoms with Gasteiger partial charge in [-0.3, -0.25) is 14.9 Å². The summed E-state index contributed by atoms with van der Waals surface area (Å²) in [5.41, 5.74) is 1.73. The fraction of sp³-hybridized carbons (Fsp3) is 0.471. The van der Waals surface area contributed by atoms with E-state index in [1.54, 1.807) is 12.4 Å². The lowest BCUT2D eigenvalue weighted by molar-refractivity contribution is -0.143. The topological polar surface area (TPSA) is 77.1 Å². The molecule has 2 aromatic heterocycles. The highest BCUT2D eigenvalue weighted by atomic mass is 16.5. The maximum atomic E-state index is 11.2. The number of aromatic amines is 1. The van der Waals surface area contributed by atoms with Crippen LogP contribution in [-0.2, 0) is 9.53 Å². The summed E-state index contributed by atoms with van der Waals surface area (Å²) in [4.78, 5) is 15.5. The van der Waals surface area contributed by atoms with Crippen molar-refractivity contribution in [3.05, 3.63) is 30.6 Å². The normalized spacial score (nSPS) is 10.5. The van der Waals surface area contributed by atoms with E-state index < -0.39 is 0 Å². The van der Waals surface area contributed by atoms with Crippen molar-refractivity contribution in [2.45, 2.75) is 39.0 Å². The molecule has 0 aliphatic carbocycles. The maximum Gasteiger partial charge on any atom is 0.305 e. The summed E-state index contributed by atoms with van der Waals surface area (Å²) in [5, 5.41) is 6.78. The zero-order valence-corrected chi connectivity index (χ0v) is 13.5. The number of aromatic nitrogens is 3. The molecule has 0 unspecified atom stereocenters. The van der Waals surface area contributed by atoms with Crippen molar-refractivity contribution in [1.29, 1.82) is 0 Å². The minimum atomic E-state index is -0.104. The van der Waals surface area contributed by atoms with Gasteiger partial charge in [0.1, 0.15) is 5.75 Å². The van der Waals surface area contributed by atoms with E-state index in [1.165, 1.54) is 0 Å². The van der Waals surface area contributed by atoms with Crippen LogP contribution >= 0.6 is 0 Å². The Balaban J connectivity index is 1.57. The van der Waals surface area contributed by atoms with Gasteiger partial charge in [-0.05, 0) is 38.0 Å². The Labute approximate surface area is 136 Å².